The zero-order valence-corrected chi connectivity index (χ0v) is 10.2. The van der Waals surface area contributed by atoms with Crippen molar-refractivity contribution in [1.29, 1.82) is 0 Å². The van der Waals surface area contributed by atoms with Crippen LogP contribution in [0.15, 0.2) is 28.7 Å². The van der Waals surface area contributed by atoms with E-state index >= 15 is 0 Å². The molecule has 0 aliphatic rings. The number of hydrogen-bond acceptors (Lipinski definition) is 1. The smallest absolute Gasteiger partial charge is 0.870 e. The Bertz CT molecular complexity index is 174. The molecule has 1 N–H and O–H groups in total. The molecular weight excluding hydrogens is 226 g/mol. The van der Waals surface area contributed by atoms with Crippen LogP contribution in [0.1, 0.15) is 0 Å². The molecule has 0 saturated carbocycles. The van der Waals surface area contributed by atoms with Gasteiger partial charge in [0.15, 0.2) is 0 Å². The molecule has 1 rings (SSSR count). The number of benzene rings is 1. The predicted octanol–water partition coefficient (Wildman–Crippen LogP) is -0.585. The van der Waals surface area contributed by atoms with Crippen LogP contribution < -0.4 is 51.4 Å². The molecule has 0 atom stereocenters. The van der Waals surface area contributed by atoms with Gasteiger partial charge in [0.2, 0.25) is 0 Å². The predicted molar refractivity (Wildman–Crippen MR) is 36.0 cm³/mol. The summed E-state index contributed by atoms with van der Waals surface area (Å²) in [6, 6.07) is 6.49. The average molecular weight is 231 g/mol. The second-order valence-electron chi connectivity index (χ2n) is 1.41. The van der Waals surface area contributed by atoms with Gasteiger partial charge in [0.05, 0.1) is 4.47 Å². The fourth-order valence-electron chi connectivity index (χ4n) is 0.439. The molecule has 0 heterocycles. The molecule has 0 aromatic heterocycles. The van der Waals surface area contributed by atoms with Gasteiger partial charge in [-0.3, -0.25) is 0 Å². The summed E-state index contributed by atoms with van der Waals surface area (Å²) in [5, 5.41) is 0. The van der Waals surface area contributed by atoms with Crippen molar-refractivity contribution in [2.24, 2.45) is 0 Å². The fraction of sp³-hybridized carbons (Fsp3) is 0. The van der Waals surface area contributed by atoms with E-state index in [1.807, 2.05) is 0 Å². The molecule has 10 heavy (non-hydrogen) atoms. The summed E-state index contributed by atoms with van der Waals surface area (Å²) >= 11 is 3.02. The Balaban J connectivity index is 0. The SMILES string of the molecule is Fc1ccccc1Br.[K+].[OH-]. The molecule has 0 aliphatic carbocycles. The van der Waals surface area contributed by atoms with Crippen LogP contribution in [0.3, 0.4) is 0 Å². The number of halogens is 2. The summed E-state index contributed by atoms with van der Waals surface area (Å²) < 4.78 is 12.8. The zero-order chi connectivity index (χ0) is 5.98. The molecule has 0 unspecified atom stereocenters. The summed E-state index contributed by atoms with van der Waals surface area (Å²) in [5.74, 6) is -0.215. The summed E-state index contributed by atoms with van der Waals surface area (Å²) in [6.07, 6.45) is 0. The molecule has 1 nitrogen and oxygen atoms in total. The average Bonchev–Trinajstić information content (AvgIpc) is 1.77. The van der Waals surface area contributed by atoms with Gasteiger partial charge >= 0.3 is 51.4 Å². The van der Waals surface area contributed by atoms with Crippen LogP contribution in [-0.2, 0) is 0 Å². The van der Waals surface area contributed by atoms with E-state index in [4.69, 9.17) is 0 Å². The summed E-state index contributed by atoms with van der Waals surface area (Å²) in [6.45, 7) is 0. The van der Waals surface area contributed by atoms with Gasteiger partial charge in [-0.05, 0) is 28.1 Å². The van der Waals surface area contributed by atoms with E-state index in [-0.39, 0.29) is 62.7 Å². The zero-order valence-electron chi connectivity index (χ0n) is 5.51. The third-order valence-electron chi connectivity index (χ3n) is 0.824. The molecule has 0 bridgehead atoms. The van der Waals surface area contributed by atoms with Gasteiger partial charge in [-0.15, -0.1) is 0 Å². The Morgan fingerprint density at radius 2 is 1.70 bits per heavy atom. The topological polar surface area (TPSA) is 30.0 Å². The minimum atomic E-state index is -0.215. The molecule has 0 radical (unpaired) electrons. The van der Waals surface area contributed by atoms with Gasteiger partial charge in [0.25, 0.3) is 0 Å². The maximum absolute atomic E-state index is 12.3. The second-order valence-corrected chi connectivity index (χ2v) is 2.27. The van der Waals surface area contributed by atoms with E-state index in [1.54, 1.807) is 18.2 Å². The van der Waals surface area contributed by atoms with Crippen LogP contribution >= 0.6 is 15.9 Å². The van der Waals surface area contributed by atoms with E-state index in [2.05, 4.69) is 15.9 Å². The van der Waals surface area contributed by atoms with E-state index in [0.717, 1.165) is 0 Å². The van der Waals surface area contributed by atoms with Crippen LogP contribution in [-0.4, -0.2) is 5.48 Å². The van der Waals surface area contributed by atoms with Gasteiger partial charge in [0, 0.05) is 0 Å². The first kappa shape index (κ1) is 13.8. The normalized spacial score (nSPS) is 7.40. The van der Waals surface area contributed by atoms with Crippen molar-refractivity contribution in [3.05, 3.63) is 34.6 Å². The van der Waals surface area contributed by atoms with Crippen LogP contribution in [0.2, 0.25) is 0 Å². The van der Waals surface area contributed by atoms with Crippen molar-refractivity contribution in [3.8, 4) is 0 Å². The van der Waals surface area contributed by atoms with E-state index in [1.165, 1.54) is 6.07 Å². The van der Waals surface area contributed by atoms with Gasteiger partial charge in [-0.1, -0.05) is 12.1 Å². The summed E-state index contributed by atoms with van der Waals surface area (Å²) in [7, 11) is 0. The minimum absolute atomic E-state index is 0. The molecule has 50 valence electrons. The monoisotopic (exact) mass is 230 g/mol. The Labute approximate surface area is 110 Å². The molecule has 1 aromatic rings. The molecule has 4 heteroatoms. The van der Waals surface area contributed by atoms with Crippen LogP contribution in [0.4, 0.5) is 4.39 Å². The second kappa shape index (κ2) is 6.91. The maximum atomic E-state index is 12.3. The molecule has 0 saturated heterocycles. The third kappa shape index (κ3) is 4.18. The number of hydrogen-bond donors (Lipinski definition) is 0. The van der Waals surface area contributed by atoms with Crippen LogP contribution in [0.25, 0.3) is 0 Å². The Kier molecular flexibility index (Phi) is 9.53. The van der Waals surface area contributed by atoms with Gasteiger partial charge in [-0.2, -0.15) is 0 Å². The first-order valence-electron chi connectivity index (χ1n) is 2.21. The van der Waals surface area contributed by atoms with Crippen LogP contribution in [0.5, 0.6) is 0 Å². The summed E-state index contributed by atoms with van der Waals surface area (Å²) in [5.41, 5.74) is 0. The largest absolute Gasteiger partial charge is 1.00 e. The molecular formula is C6H5BrFKO. The standard InChI is InChI=1S/C6H4BrF.K.H2O/c7-5-3-1-2-4-6(5)8;;/h1-4H;;1H2/q;+1;/p-1. The quantitative estimate of drug-likeness (QED) is 0.549. The van der Waals surface area contributed by atoms with E-state index < -0.39 is 0 Å². The molecule has 0 amide bonds. The summed E-state index contributed by atoms with van der Waals surface area (Å²) in [4.78, 5) is 0. The van der Waals surface area contributed by atoms with Crippen molar-refractivity contribution in [2.75, 3.05) is 0 Å². The molecule has 0 spiro atoms. The van der Waals surface area contributed by atoms with Crippen molar-refractivity contribution in [3.63, 3.8) is 0 Å². The Morgan fingerprint density at radius 1 is 1.20 bits per heavy atom. The fourth-order valence-corrected chi connectivity index (χ4v) is 0.724. The van der Waals surface area contributed by atoms with Crippen molar-refractivity contribution >= 4 is 15.9 Å². The third-order valence-corrected chi connectivity index (χ3v) is 1.47. The van der Waals surface area contributed by atoms with Crippen LogP contribution in [0, 0.1) is 5.82 Å². The first-order valence-corrected chi connectivity index (χ1v) is 3.00. The molecule has 1 aromatic carbocycles. The maximum Gasteiger partial charge on any atom is 1.00 e. The Hall–Kier alpha value is 1.23. The van der Waals surface area contributed by atoms with Gasteiger partial charge in [0.1, 0.15) is 5.82 Å². The molecule has 0 aliphatic heterocycles. The Morgan fingerprint density at radius 3 is 2.00 bits per heavy atom. The molecule has 0 fully saturated rings. The van der Waals surface area contributed by atoms with Crippen molar-refractivity contribution in [1.82, 2.24) is 0 Å². The van der Waals surface area contributed by atoms with Crippen molar-refractivity contribution < 1.29 is 61.3 Å². The van der Waals surface area contributed by atoms with Gasteiger partial charge < -0.3 is 5.48 Å². The van der Waals surface area contributed by atoms with E-state index in [0.29, 0.717) is 4.47 Å². The van der Waals surface area contributed by atoms with E-state index in [9.17, 15) is 4.39 Å². The number of rotatable bonds is 0. The van der Waals surface area contributed by atoms with Crippen molar-refractivity contribution in [2.45, 2.75) is 0 Å². The van der Waals surface area contributed by atoms with Gasteiger partial charge in [-0.25, -0.2) is 4.39 Å². The minimum Gasteiger partial charge on any atom is -0.870 e. The first-order chi connectivity index (χ1) is 3.80.